The Kier molecular flexibility index (Phi) is 6.10. The predicted octanol–water partition coefficient (Wildman–Crippen LogP) is 1.12. The van der Waals surface area contributed by atoms with Crippen LogP contribution in [0.4, 0.5) is 5.95 Å². The smallest absolute Gasteiger partial charge is 0.344 e. The Labute approximate surface area is 183 Å². The third-order valence-electron chi connectivity index (χ3n) is 4.95. The summed E-state index contributed by atoms with van der Waals surface area (Å²) in [5.74, 6) is 0.0386. The van der Waals surface area contributed by atoms with E-state index in [1.165, 1.54) is 11.6 Å². The van der Waals surface area contributed by atoms with Gasteiger partial charge in [-0.15, -0.1) is 0 Å². The van der Waals surface area contributed by atoms with E-state index < -0.39 is 5.97 Å². The SMILES string of the molecule is CCOC(=O)COc1nc2nc(N3CCNCC3)n(-c3ccccc3Cl)c2c(=O)n1C. The maximum absolute atomic E-state index is 13.3. The molecule has 0 saturated carbocycles. The van der Waals surface area contributed by atoms with Crippen molar-refractivity contribution < 1.29 is 14.3 Å². The number of rotatable bonds is 6. The zero-order chi connectivity index (χ0) is 22.0. The first kappa shape index (κ1) is 21.1. The molecule has 1 saturated heterocycles. The zero-order valence-electron chi connectivity index (χ0n) is 17.3. The lowest BCUT2D eigenvalue weighted by Gasteiger charge is -2.28. The monoisotopic (exact) mass is 446 g/mol. The number of ether oxygens (including phenoxy) is 2. The Balaban J connectivity index is 1.87. The van der Waals surface area contributed by atoms with Crippen LogP contribution in [0.3, 0.4) is 0 Å². The van der Waals surface area contributed by atoms with Crippen molar-refractivity contribution >= 4 is 34.7 Å². The molecule has 10 nitrogen and oxygen atoms in total. The topological polar surface area (TPSA) is 104 Å². The van der Waals surface area contributed by atoms with Gasteiger partial charge >= 0.3 is 12.0 Å². The van der Waals surface area contributed by atoms with E-state index in [1.54, 1.807) is 17.6 Å². The molecular formula is C20H23ClN6O4. The molecule has 2 aromatic heterocycles. The number of fused-ring (bicyclic) bond motifs is 1. The Bertz CT molecular complexity index is 1170. The maximum atomic E-state index is 13.3. The van der Waals surface area contributed by atoms with Gasteiger partial charge in [-0.2, -0.15) is 9.97 Å². The van der Waals surface area contributed by atoms with Crippen molar-refractivity contribution in [3.05, 3.63) is 39.6 Å². The third kappa shape index (κ3) is 4.08. The first-order valence-corrected chi connectivity index (χ1v) is 10.4. The first-order valence-electron chi connectivity index (χ1n) is 9.99. The second kappa shape index (κ2) is 8.94. The van der Waals surface area contributed by atoms with Crippen LogP contribution >= 0.6 is 11.6 Å². The van der Waals surface area contributed by atoms with Crippen LogP contribution in [-0.2, 0) is 16.6 Å². The largest absolute Gasteiger partial charge is 0.463 e. The van der Waals surface area contributed by atoms with Crippen molar-refractivity contribution in [2.45, 2.75) is 6.92 Å². The van der Waals surface area contributed by atoms with E-state index in [9.17, 15) is 9.59 Å². The minimum atomic E-state index is -0.542. The van der Waals surface area contributed by atoms with Crippen LogP contribution in [0.5, 0.6) is 6.01 Å². The van der Waals surface area contributed by atoms with E-state index in [1.807, 2.05) is 18.2 Å². The van der Waals surface area contributed by atoms with E-state index in [0.717, 1.165) is 26.2 Å². The average Bonchev–Trinajstić information content (AvgIpc) is 3.16. The highest BCUT2D eigenvalue weighted by atomic mass is 35.5. The second-order valence-electron chi connectivity index (χ2n) is 6.96. The Hall–Kier alpha value is -3.11. The normalized spacial score (nSPS) is 14.1. The van der Waals surface area contributed by atoms with Gasteiger partial charge in [-0.3, -0.25) is 13.9 Å². The number of imidazole rings is 1. The van der Waals surface area contributed by atoms with Gasteiger partial charge in [-0.25, -0.2) is 4.79 Å². The third-order valence-corrected chi connectivity index (χ3v) is 5.27. The van der Waals surface area contributed by atoms with Crippen molar-refractivity contribution in [1.29, 1.82) is 0 Å². The summed E-state index contributed by atoms with van der Waals surface area (Å²) in [5, 5.41) is 3.79. The number of piperazine rings is 1. The van der Waals surface area contributed by atoms with E-state index >= 15 is 0 Å². The summed E-state index contributed by atoms with van der Waals surface area (Å²) in [5.41, 5.74) is 0.778. The van der Waals surface area contributed by atoms with Gasteiger partial charge in [0, 0.05) is 33.2 Å². The van der Waals surface area contributed by atoms with Crippen molar-refractivity contribution in [2.75, 3.05) is 44.3 Å². The number of nitrogens with zero attached hydrogens (tertiary/aromatic N) is 5. The number of benzene rings is 1. The number of nitrogens with one attached hydrogen (secondary N) is 1. The van der Waals surface area contributed by atoms with Crippen LogP contribution in [0.1, 0.15) is 6.92 Å². The van der Waals surface area contributed by atoms with E-state index in [0.29, 0.717) is 16.7 Å². The van der Waals surface area contributed by atoms with Gasteiger partial charge < -0.3 is 19.7 Å². The highest BCUT2D eigenvalue weighted by molar-refractivity contribution is 6.32. The molecule has 0 amide bonds. The average molecular weight is 447 g/mol. The molecule has 4 rings (SSSR count). The summed E-state index contributed by atoms with van der Waals surface area (Å²) in [7, 11) is 1.53. The van der Waals surface area contributed by atoms with Gasteiger partial charge in [0.1, 0.15) is 0 Å². The van der Waals surface area contributed by atoms with Gasteiger partial charge in [-0.1, -0.05) is 23.7 Å². The number of carbonyl (C=O) groups excluding carboxylic acids is 1. The number of hydrogen-bond donors (Lipinski definition) is 1. The first-order chi connectivity index (χ1) is 15.0. The molecule has 164 valence electrons. The lowest BCUT2D eigenvalue weighted by atomic mass is 10.3. The number of anilines is 1. The number of para-hydroxylation sites is 1. The summed E-state index contributed by atoms with van der Waals surface area (Å²) in [4.78, 5) is 36.1. The van der Waals surface area contributed by atoms with E-state index in [4.69, 9.17) is 21.1 Å². The number of carbonyl (C=O) groups is 1. The zero-order valence-corrected chi connectivity index (χ0v) is 18.1. The molecule has 0 bridgehead atoms. The predicted molar refractivity (Wildman–Crippen MR) is 116 cm³/mol. The van der Waals surface area contributed by atoms with Gasteiger partial charge in [0.25, 0.3) is 5.56 Å². The Morgan fingerprint density at radius 1 is 1.23 bits per heavy atom. The number of halogens is 1. The fourth-order valence-corrected chi connectivity index (χ4v) is 3.69. The van der Waals surface area contributed by atoms with Gasteiger partial charge in [-0.05, 0) is 19.1 Å². The van der Waals surface area contributed by atoms with E-state index in [2.05, 4.69) is 20.2 Å². The molecule has 0 spiro atoms. The lowest BCUT2D eigenvalue weighted by molar-refractivity contribution is -0.145. The van der Waals surface area contributed by atoms with Crippen molar-refractivity contribution in [3.8, 4) is 11.7 Å². The fourth-order valence-electron chi connectivity index (χ4n) is 3.47. The molecule has 1 aliphatic heterocycles. The molecular weight excluding hydrogens is 424 g/mol. The van der Waals surface area contributed by atoms with Crippen LogP contribution in [0.15, 0.2) is 29.1 Å². The molecule has 3 aromatic rings. The molecule has 3 heterocycles. The van der Waals surface area contributed by atoms with Crippen LogP contribution in [0.25, 0.3) is 16.9 Å². The van der Waals surface area contributed by atoms with Crippen LogP contribution in [-0.4, -0.2) is 64.5 Å². The van der Waals surface area contributed by atoms with Crippen molar-refractivity contribution in [2.24, 2.45) is 7.05 Å². The molecule has 0 aliphatic carbocycles. The molecule has 1 N–H and O–H groups in total. The molecule has 1 aromatic carbocycles. The van der Waals surface area contributed by atoms with Crippen LogP contribution in [0.2, 0.25) is 5.02 Å². The molecule has 0 unspecified atom stereocenters. The van der Waals surface area contributed by atoms with Crippen LogP contribution in [0, 0.1) is 0 Å². The number of hydrogen-bond acceptors (Lipinski definition) is 8. The van der Waals surface area contributed by atoms with Crippen molar-refractivity contribution in [3.63, 3.8) is 0 Å². The summed E-state index contributed by atoms with van der Waals surface area (Å²) >= 11 is 6.48. The minimum absolute atomic E-state index is 0.0128. The fraction of sp³-hybridized carbons (Fsp3) is 0.400. The van der Waals surface area contributed by atoms with Gasteiger partial charge in [0.05, 0.1) is 17.3 Å². The molecule has 1 fully saturated rings. The summed E-state index contributed by atoms with van der Waals surface area (Å²) < 4.78 is 13.3. The van der Waals surface area contributed by atoms with Gasteiger partial charge in [0.2, 0.25) is 5.95 Å². The molecule has 0 atom stereocenters. The Morgan fingerprint density at radius 3 is 2.68 bits per heavy atom. The number of esters is 1. The van der Waals surface area contributed by atoms with E-state index in [-0.39, 0.29) is 35.9 Å². The van der Waals surface area contributed by atoms with Crippen molar-refractivity contribution in [1.82, 2.24) is 24.4 Å². The van der Waals surface area contributed by atoms with Crippen LogP contribution < -0.4 is 20.5 Å². The maximum Gasteiger partial charge on any atom is 0.344 e. The second-order valence-corrected chi connectivity index (χ2v) is 7.37. The molecule has 31 heavy (non-hydrogen) atoms. The quantitative estimate of drug-likeness (QED) is 0.562. The van der Waals surface area contributed by atoms with Gasteiger partial charge in [0.15, 0.2) is 17.8 Å². The Morgan fingerprint density at radius 2 is 1.97 bits per heavy atom. The molecule has 0 radical (unpaired) electrons. The highest BCUT2D eigenvalue weighted by Crippen LogP contribution is 2.29. The number of aromatic nitrogens is 4. The highest BCUT2D eigenvalue weighted by Gasteiger charge is 2.25. The summed E-state index contributed by atoms with van der Waals surface area (Å²) in [6.45, 7) is 4.63. The lowest BCUT2D eigenvalue weighted by Crippen LogP contribution is -2.44. The molecule has 11 heteroatoms. The summed E-state index contributed by atoms with van der Waals surface area (Å²) in [6, 6.07) is 7.26. The minimum Gasteiger partial charge on any atom is -0.463 e. The standard InChI is InChI=1S/C20H23ClN6O4/c1-3-30-15(28)12-31-20-24-17-16(18(29)25(20)2)27(14-7-5-4-6-13(14)21)19(23-17)26-10-8-22-9-11-26/h4-7,22H,3,8-12H2,1-2H3. The summed E-state index contributed by atoms with van der Waals surface area (Å²) in [6.07, 6.45) is 0. The molecule has 1 aliphatic rings.